The highest BCUT2D eigenvalue weighted by Gasteiger charge is 2.96. The third kappa shape index (κ3) is 2.47. The largest absolute Gasteiger partial charge is 0.481 e. The Hall–Kier alpha value is -3.34. The molecular formula is C18H18N3O8+. The van der Waals surface area contributed by atoms with Gasteiger partial charge in [-0.25, -0.2) is 14.1 Å². The number of nitrogens with one attached hydrogen (secondary N) is 1. The summed E-state index contributed by atoms with van der Waals surface area (Å²) >= 11 is 0. The fourth-order valence-electron chi connectivity index (χ4n) is 4.98. The molecule has 29 heavy (non-hydrogen) atoms. The second-order valence-electron chi connectivity index (χ2n) is 7.73. The number of hydrogen-bond donors (Lipinski definition) is 3. The van der Waals surface area contributed by atoms with Gasteiger partial charge in [0.05, 0.1) is 11.1 Å². The van der Waals surface area contributed by atoms with Gasteiger partial charge >= 0.3 is 17.8 Å². The number of quaternary nitrogens is 1. The number of hydrogen-bond acceptors (Lipinski definition) is 6. The number of carbonyl (C=O) groups excluding carboxylic acids is 2. The summed E-state index contributed by atoms with van der Waals surface area (Å²) in [6.45, 7) is 0.201. The van der Waals surface area contributed by atoms with Gasteiger partial charge in [-0.15, -0.1) is 0 Å². The molecule has 1 aromatic carbocycles. The summed E-state index contributed by atoms with van der Waals surface area (Å²) in [6.07, 6.45) is -0.709. The number of benzene rings is 1. The quantitative estimate of drug-likeness (QED) is 0.269. The van der Waals surface area contributed by atoms with Gasteiger partial charge in [-0.3, -0.25) is 25.0 Å². The van der Waals surface area contributed by atoms with Gasteiger partial charge in [0.2, 0.25) is 17.7 Å². The maximum absolute atomic E-state index is 12.8. The molecule has 1 aromatic rings. The molecule has 5 atom stereocenters. The number of fused-ring (bicyclic) bond motifs is 1. The molecule has 0 aromatic heterocycles. The number of nitrogens with zero attached hydrogens (tertiary/aromatic N) is 2. The zero-order valence-corrected chi connectivity index (χ0v) is 15.1. The zero-order chi connectivity index (χ0) is 21.1. The van der Waals surface area contributed by atoms with E-state index in [0.717, 1.165) is 0 Å². The molecule has 11 nitrogen and oxygen atoms in total. The average Bonchev–Trinajstić information content (AvgIpc) is 3.52. The topological polar surface area (TPSA) is 164 Å². The minimum atomic E-state index is -1.27. The van der Waals surface area contributed by atoms with E-state index in [9.17, 15) is 39.5 Å². The minimum Gasteiger partial charge on any atom is -0.481 e. The van der Waals surface area contributed by atoms with E-state index in [4.69, 9.17) is 0 Å². The van der Waals surface area contributed by atoms with Crippen LogP contribution in [0, 0.1) is 16.0 Å². The SMILES string of the molecule is O=C(O)c1ccccc1C(=O)NC1C[N+]12C(=O)C21CCC([N+](=O)[O-])CC1C(=O)O. The van der Waals surface area contributed by atoms with Crippen molar-refractivity contribution in [2.45, 2.75) is 37.0 Å². The third-order valence-electron chi connectivity index (χ3n) is 6.49. The summed E-state index contributed by atoms with van der Waals surface area (Å²) in [5, 5.41) is 32.5. The Morgan fingerprint density at radius 3 is 2.45 bits per heavy atom. The molecule has 2 amide bonds. The molecule has 5 unspecified atom stereocenters. The van der Waals surface area contributed by atoms with E-state index in [0.29, 0.717) is 0 Å². The van der Waals surface area contributed by atoms with Crippen molar-refractivity contribution >= 4 is 23.8 Å². The van der Waals surface area contributed by atoms with E-state index in [1.165, 1.54) is 24.3 Å². The van der Waals surface area contributed by atoms with Gasteiger partial charge < -0.3 is 10.2 Å². The van der Waals surface area contributed by atoms with Crippen molar-refractivity contribution in [3.05, 3.63) is 45.5 Å². The Bertz CT molecular complexity index is 978. The van der Waals surface area contributed by atoms with Crippen LogP contribution in [0.1, 0.15) is 40.0 Å². The van der Waals surface area contributed by atoms with Crippen molar-refractivity contribution in [2.75, 3.05) is 6.54 Å². The smallest absolute Gasteiger partial charge is 0.379 e. The Balaban J connectivity index is 1.55. The molecule has 11 heteroatoms. The number of amides is 2. The van der Waals surface area contributed by atoms with Crippen LogP contribution in [0.25, 0.3) is 0 Å². The van der Waals surface area contributed by atoms with E-state index in [-0.39, 0.29) is 47.3 Å². The summed E-state index contributed by atoms with van der Waals surface area (Å²) < 4.78 is -0.227. The summed E-state index contributed by atoms with van der Waals surface area (Å²) in [4.78, 5) is 59.0. The number of carboxylic acids is 2. The first kappa shape index (κ1) is 19.0. The molecule has 3 fully saturated rings. The van der Waals surface area contributed by atoms with Crippen molar-refractivity contribution < 1.29 is 38.8 Å². The van der Waals surface area contributed by atoms with Crippen LogP contribution < -0.4 is 5.32 Å². The number of nitro groups is 1. The predicted molar refractivity (Wildman–Crippen MR) is 93.3 cm³/mol. The van der Waals surface area contributed by atoms with E-state index >= 15 is 0 Å². The standard InChI is InChI=1S/C18H17N3O8/c22-14(10-3-1-2-4-11(10)15(23)24)19-13-8-21(13)17(27)18(21)6-5-9(20(28)29)7-12(18)16(25)26/h1-4,9,12-13H,5-8H2,(H2-,19,22,23,24,25,26)/p+1. The number of rotatable bonds is 5. The summed E-state index contributed by atoms with van der Waals surface area (Å²) in [7, 11) is 0. The van der Waals surface area contributed by atoms with E-state index < -0.39 is 46.4 Å². The number of carboxylic acid groups (broad SMARTS) is 2. The highest BCUT2D eigenvalue weighted by molar-refractivity contribution is 6.05. The second-order valence-corrected chi connectivity index (χ2v) is 7.73. The number of aliphatic carboxylic acids is 1. The van der Waals surface area contributed by atoms with Gasteiger partial charge in [0, 0.05) is 24.2 Å². The summed E-state index contributed by atoms with van der Waals surface area (Å²) in [6, 6.07) is 4.64. The fourth-order valence-corrected chi connectivity index (χ4v) is 4.98. The molecule has 2 spiro atoms. The zero-order valence-electron chi connectivity index (χ0n) is 15.1. The molecule has 3 aliphatic rings. The molecule has 2 aliphatic heterocycles. The average molecular weight is 404 g/mol. The number of aromatic carboxylic acids is 1. The van der Waals surface area contributed by atoms with E-state index in [2.05, 4.69) is 5.32 Å². The van der Waals surface area contributed by atoms with Gasteiger partial charge in [0.1, 0.15) is 5.92 Å². The van der Waals surface area contributed by atoms with Crippen LogP contribution >= 0.6 is 0 Å². The van der Waals surface area contributed by atoms with Crippen LogP contribution in [0.3, 0.4) is 0 Å². The molecule has 4 rings (SSSR count). The molecule has 3 N–H and O–H groups in total. The van der Waals surface area contributed by atoms with Gasteiger partial charge in [-0.2, -0.15) is 0 Å². The first-order valence-electron chi connectivity index (χ1n) is 9.09. The van der Waals surface area contributed by atoms with Crippen molar-refractivity contribution in [1.29, 1.82) is 0 Å². The lowest BCUT2D eigenvalue weighted by molar-refractivity contribution is -0.679. The molecule has 2 heterocycles. The first-order chi connectivity index (χ1) is 13.7. The number of carbonyl (C=O) groups is 4. The monoisotopic (exact) mass is 404 g/mol. The van der Waals surface area contributed by atoms with Crippen molar-refractivity contribution in [3.8, 4) is 0 Å². The van der Waals surface area contributed by atoms with Crippen LogP contribution in [0.5, 0.6) is 0 Å². The molecule has 0 radical (unpaired) electrons. The lowest BCUT2D eigenvalue weighted by atomic mass is 9.76. The highest BCUT2D eigenvalue weighted by atomic mass is 16.6. The van der Waals surface area contributed by atoms with Crippen LogP contribution in [0.15, 0.2) is 24.3 Å². The van der Waals surface area contributed by atoms with Crippen LogP contribution in [0.2, 0.25) is 0 Å². The van der Waals surface area contributed by atoms with Crippen LogP contribution in [-0.2, 0) is 9.59 Å². The molecule has 152 valence electrons. The Labute approximate surface area is 163 Å². The van der Waals surface area contributed by atoms with Gasteiger partial charge in [0.25, 0.3) is 5.91 Å². The van der Waals surface area contributed by atoms with E-state index in [1.54, 1.807) is 0 Å². The molecular weight excluding hydrogens is 386 g/mol. The van der Waals surface area contributed by atoms with Crippen LogP contribution in [0.4, 0.5) is 0 Å². The molecule has 2 saturated heterocycles. The van der Waals surface area contributed by atoms with Crippen LogP contribution in [-0.4, -0.2) is 67.7 Å². The molecule has 0 bridgehead atoms. The van der Waals surface area contributed by atoms with Gasteiger partial charge in [-0.05, 0) is 12.1 Å². The normalized spacial score (nSPS) is 34.6. The van der Waals surface area contributed by atoms with E-state index in [1.807, 2.05) is 0 Å². The molecule has 1 aliphatic carbocycles. The van der Waals surface area contributed by atoms with Crippen molar-refractivity contribution in [1.82, 2.24) is 5.32 Å². The van der Waals surface area contributed by atoms with Crippen molar-refractivity contribution in [3.63, 3.8) is 0 Å². The Morgan fingerprint density at radius 2 is 1.86 bits per heavy atom. The third-order valence-corrected chi connectivity index (χ3v) is 6.49. The lowest BCUT2D eigenvalue weighted by Gasteiger charge is -2.25. The predicted octanol–water partition coefficient (Wildman–Crippen LogP) is 0.0801. The molecule has 1 saturated carbocycles. The minimum absolute atomic E-state index is 0.0553. The fraction of sp³-hybridized carbons (Fsp3) is 0.444. The highest BCUT2D eigenvalue weighted by Crippen LogP contribution is 2.64. The summed E-state index contributed by atoms with van der Waals surface area (Å²) in [5.41, 5.74) is -1.48. The Kier molecular flexibility index (Phi) is 3.98. The van der Waals surface area contributed by atoms with Crippen molar-refractivity contribution in [2.24, 2.45) is 5.92 Å². The van der Waals surface area contributed by atoms with Gasteiger partial charge in [-0.1, -0.05) is 12.1 Å². The maximum atomic E-state index is 12.8. The summed E-state index contributed by atoms with van der Waals surface area (Å²) in [5.74, 6) is -4.70. The lowest BCUT2D eigenvalue weighted by Crippen LogP contribution is -2.46. The Morgan fingerprint density at radius 1 is 1.21 bits per heavy atom. The van der Waals surface area contributed by atoms with Gasteiger partial charge in [0.15, 0.2) is 6.54 Å². The second kappa shape index (κ2) is 6.08. The first-order valence-corrected chi connectivity index (χ1v) is 9.09. The maximum Gasteiger partial charge on any atom is 0.379 e.